The van der Waals surface area contributed by atoms with E-state index in [1.54, 1.807) is 19.2 Å². The van der Waals surface area contributed by atoms with Crippen LogP contribution in [0.2, 0.25) is 0 Å². The second kappa shape index (κ2) is 9.54. The number of benzene rings is 1. The molecule has 0 spiro atoms. The quantitative estimate of drug-likeness (QED) is 0.709. The molecule has 0 unspecified atom stereocenters. The van der Waals surface area contributed by atoms with Crippen molar-refractivity contribution in [3.05, 3.63) is 49.4 Å². The molecule has 0 saturated carbocycles. The maximum absolute atomic E-state index is 12.5. The summed E-state index contributed by atoms with van der Waals surface area (Å²) in [7, 11) is 0. The van der Waals surface area contributed by atoms with Gasteiger partial charge in [0.05, 0.1) is 0 Å². The lowest BCUT2D eigenvalue weighted by Crippen LogP contribution is -2.32. The van der Waals surface area contributed by atoms with Gasteiger partial charge in [0.15, 0.2) is 5.57 Å². The van der Waals surface area contributed by atoms with Gasteiger partial charge in [0.1, 0.15) is 15.3 Å². The zero-order valence-corrected chi connectivity index (χ0v) is 17.2. The van der Waals surface area contributed by atoms with Gasteiger partial charge in [0, 0.05) is 25.0 Å². The predicted molar refractivity (Wildman–Crippen MR) is 114 cm³/mol. The molecule has 1 aliphatic rings. The summed E-state index contributed by atoms with van der Waals surface area (Å²) in [5, 5.41) is 21.4. The van der Waals surface area contributed by atoms with Crippen LogP contribution in [0, 0.1) is 11.3 Å². The molecule has 1 aromatic carbocycles. The second-order valence-corrected chi connectivity index (χ2v) is 7.93. The highest BCUT2D eigenvalue weighted by molar-refractivity contribution is 7.07. The summed E-state index contributed by atoms with van der Waals surface area (Å²) < 4.78 is 1.83. The first-order chi connectivity index (χ1) is 14.0. The number of anilines is 1. The van der Waals surface area contributed by atoms with Crippen molar-refractivity contribution in [1.29, 1.82) is 5.26 Å². The highest BCUT2D eigenvalue weighted by atomic mass is 32.1. The molecule has 3 rings (SSSR count). The predicted octanol–water partition coefficient (Wildman–Crippen LogP) is 1.18. The Morgan fingerprint density at radius 3 is 2.59 bits per heavy atom. The minimum absolute atomic E-state index is 0.165. The molecule has 8 heteroatoms. The molecule has 1 fully saturated rings. The first-order valence-corrected chi connectivity index (χ1v) is 10.5. The van der Waals surface area contributed by atoms with E-state index in [2.05, 4.69) is 22.3 Å². The number of likely N-dealkylation sites (tertiary alicyclic amines) is 1. The van der Waals surface area contributed by atoms with Crippen LogP contribution in [0.1, 0.15) is 25.3 Å². The third kappa shape index (κ3) is 4.94. The van der Waals surface area contributed by atoms with Crippen molar-refractivity contribution in [2.45, 2.75) is 32.7 Å². The molecule has 2 aromatic rings. The number of hydrogen-bond acceptors (Lipinski definition) is 6. The molecular weight excluding hydrogens is 388 g/mol. The van der Waals surface area contributed by atoms with Gasteiger partial charge in [0.25, 0.3) is 5.56 Å². The van der Waals surface area contributed by atoms with Gasteiger partial charge in [-0.15, -0.1) is 11.3 Å². The van der Waals surface area contributed by atoms with Crippen molar-refractivity contribution in [3.63, 3.8) is 0 Å². The molecular formula is C21H24N4O3S. The Labute approximate surface area is 172 Å². The average Bonchev–Trinajstić information content (AvgIpc) is 3.34. The zero-order chi connectivity index (χ0) is 20.8. The second-order valence-electron chi connectivity index (χ2n) is 6.90. The molecule has 29 heavy (non-hydrogen) atoms. The van der Waals surface area contributed by atoms with Crippen LogP contribution in [-0.4, -0.2) is 40.2 Å². The molecule has 2 N–H and O–H groups in total. The fourth-order valence-corrected chi connectivity index (χ4v) is 4.47. The first kappa shape index (κ1) is 20.8. The van der Waals surface area contributed by atoms with Crippen molar-refractivity contribution in [2.24, 2.45) is 0 Å². The van der Waals surface area contributed by atoms with E-state index in [4.69, 9.17) is 5.26 Å². The van der Waals surface area contributed by atoms with Crippen LogP contribution in [0.25, 0.3) is 11.8 Å². The van der Waals surface area contributed by atoms with Crippen LogP contribution in [0.5, 0.6) is 0 Å². The van der Waals surface area contributed by atoms with Crippen molar-refractivity contribution in [1.82, 2.24) is 9.47 Å². The maximum Gasteiger partial charge on any atom is 0.349 e. The molecule has 0 atom stereocenters. The van der Waals surface area contributed by atoms with Gasteiger partial charge in [-0.05, 0) is 57.0 Å². The number of carbonyl (C=O) groups is 1. The van der Waals surface area contributed by atoms with Crippen molar-refractivity contribution in [3.8, 4) is 6.07 Å². The van der Waals surface area contributed by atoms with Gasteiger partial charge in [-0.2, -0.15) is 5.26 Å². The number of hydrogen-bond donors (Lipinski definition) is 2. The lowest BCUT2D eigenvalue weighted by Gasteiger charge is -2.14. The zero-order valence-electron chi connectivity index (χ0n) is 16.4. The number of nitriles is 1. The van der Waals surface area contributed by atoms with E-state index in [1.807, 2.05) is 12.1 Å². The minimum atomic E-state index is -1.33. The molecule has 1 aliphatic heterocycles. The molecule has 0 radical (unpaired) electrons. The lowest BCUT2D eigenvalue weighted by atomic mass is 10.1. The van der Waals surface area contributed by atoms with E-state index in [-0.39, 0.29) is 10.2 Å². The summed E-state index contributed by atoms with van der Waals surface area (Å²) in [4.78, 5) is 26.3. The Balaban J connectivity index is 1.78. The summed E-state index contributed by atoms with van der Waals surface area (Å²) in [5.74, 6) is -1.33. The Hall–Kier alpha value is -2.89. The molecule has 1 saturated heterocycles. The largest absolute Gasteiger partial charge is 0.477 e. The third-order valence-corrected chi connectivity index (χ3v) is 6.13. The van der Waals surface area contributed by atoms with Gasteiger partial charge in [-0.25, -0.2) is 4.79 Å². The molecule has 0 aliphatic carbocycles. The fraction of sp³-hybridized carbons (Fsp3) is 0.381. The van der Waals surface area contributed by atoms with Gasteiger partial charge in [0.2, 0.25) is 0 Å². The summed E-state index contributed by atoms with van der Waals surface area (Å²) in [6.07, 6.45) is 5.17. The van der Waals surface area contributed by atoms with E-state index in [0.717, 1.165) is 30.0 Å². The Bertz CT molecular complexity index is 1090. The topological polar surface area (TPSA) is 98.4 Å². The molecule has 1 aromatic heterocycles. The van der Waals surface area contributed by atoms with E-state index < -0.39 is 11.5 Å². The Morgan fingerprint density at radius 2 is 2.00 bits per heavy atom. The molecule has 7 nitrogen and oxygen atoms in total. The van der Waals surface area contributed by atoms with E-state index in [9.17, 15) is 14.7 Å². The Morgan fingerprint density at radius 1 is 1.31 bits per heavy atom. The number of rotatable bonds is 7. The molecule has 2 heterocycles. The van der Waals surface area contributed by atoms with E-state index in [0.29, 0.717) is 11.1 Å². The van der Waals surface area contributed by atoms with Crippen LogP contribution in [0.3, 0.4) is 0 Å². The van der Waals surface area contributed by atoms with Crippen LogP contribution in [0.15, 0.2) is 29.1 Å². The standard InChI is InChI=1S/C21H24N4O3S/c1-2-25-19(26)18(29-20(25)17(13-22)21(27)28)14-23-16-7-5-15(6-8-16)9-12-24-10-3-4-11-24/h5-8,14,23H,2-4,9-12H2,1H3,(H,27,28)/b18-14+,20-17-. The SMILES string of the molecule is CCn1c(=O)/c(=C\Nc2ccc(CCN3CCCC3)cc2)s/c1=C(/C#N)C(=O)O. The highest BCUT2D eigenvalue weighted by Crippen LogP contribution is 2.12. The van der Waals surface area contributed by atoms with Gasteiger partial charge < -0.3 is 15.3 Å². The minimum Gasteiger partial charge on any atom is -0.477 e. The molecule has 0 bridgehead atoms. The molecule has 152 valence electrons. The first-order valence-electron chi connectivity index (χ1n) is 9.69. The number of nitrogens with zero attached hydrogens (tertiary/aromatic N) is 3. The Kier molecular flexibility index (Phi) is 6.86. The van der Waals surface area contributed by atoms with Crippen LogP contribution in [-0.2, 0) is 17.8 Å². The number of aliphatic carboxylic acids is 1. The number of thiazole rings is 1. The maximum atomic E-state index is 12.5. The van der Waals surface area contributed by atoms with E-state index >= 15 is 0 Å². The van der Waals surface area contributed by atoms with Crippen molar-refractivity contribution >= 4 is 34.8 Å². The van der Waals surface area contributed by atoms with Crippen LogP contribution < -0.4 is 20.1 Å². The monoisotopic (exact) mass is 412 g/mol. The lowest BCUT2D eigenvalue weighted by molar-refractivity contribution is -0.130. The summed E-state index contributed by atoms with van der Waals surface area (Å²) in [6, 6.07) is 9.75. The summed E-state index contributed by atoms with van der Waals surface area (Å²) >= 11 is 1.00. The normalized spacial score (nSPS) is 15.9. The third-order valence-electron chi connectivity index (χ3n) is 5.00. The van der Waals surface area contributed by atoms with Crippen LogP contribution in [0.4, 0.5) is 5.69 Å². The number of carboxylic acids is 1. The highest BCUT2D eigenvalue weighted by Gasteiger charge is 2.14. The van der Waals surface area contributed by atoms with E-state index in [1.165, 1.54) is 36.1 Å². The average molecular weight is 413 g/mol. The summed E-state index contributed by atoms with van der Waals surface area (Å²) in [6.45, 7) is 5.50. The van der Waals surface area contributed by atoms with Crippen molar-refractivity contribution in [2.75, 3.05) is 25.0 Å². The number of carboxylic acid groups (broad SMARTS) is 1. The summed E-state index contributed by atoms with van der Waals surface area (Å²) in [5.41, 5.74) is 1.38. The smallest absolute Gasteiger partial charge is 0.349 e. The van der Waals surface area contributed by atoms with Gasteiger partial charge >= 0.3 is 5.97 Å². The van der Waals surface area contributed by atoms with Gasteiger partial charge in [-0.1, -0.05) is 12.1 Å². The number of aromatic nitrogens is 1. The number of nitrogens with one attached hydrogen (secondary N) is 1. The van der Waals surface area contributed by atoms with Crippen molar-refractivity contribution < 1.29 is 9.90 Å². The van der Waals surface area contributed by atoms with Crippen LogP contribution >= 0.6 is 11.3 Å². The van der Waals surface area contributed by atoms with Gasteiger partial charge in [-0.3, -0.25) is 9.36 Å². The fourth-order valence-electron chi connectivity index (χ4n) is 3.39. The molecule has 0 amide bonds.